The topological polar surface area (TPSA) is 116 Å². The van der Waals surface area contributed by atoms with Crippen molar-refractivity contribution in [2.45, 2.75) is 6.92 Å². The number of rotatable bonds is 4. The first kappa shape index (κ1) is 17.3. The molecule has 4 aromatic rings. The lowest BCUT2D eigenvalue weighted by molar-refractivity contribution is -0.384. The number of fused-ring (bicyclic) bond motifs is 1. The van der Waals surface area contributed by atoms with Gasteiger partial charge in [-0.25, -0.2) is 9.67 Å². The van der Waals surface area contributed by atoms with Gasteiger partial charge >= 0.3 is 0 Å². The molecule has 0 aliphatic rings. The van der Waals surface area contributed by atoms with Crippen LogP contribution < -0.4 is 5.32 Å². The lowest BCUT2D eigenvalue weighted by Crippen LogP contribution is -2.14. The summed E-state index contributed by atoms with van der Waals surface area (Å²) in [5.41, 5.74) is 2.16. The van der Waals surface area contributed by atoms with E-state index in [0.717, 1.165) is 5.56 Å². The third kappa shape index (κ3) is 3.05. The Labute approximate surface area is 158 Å². The van der Waals surface area contributed by atoms with Crippen LogP contribution in [0.5, 0.6) is 0 Å². The van der Waals surface area contributed by atoms with Gasteiger partial charge in [0.2, 0.25) is 0 Å². The molecular weight excluding hydrogens is 360 g/mol. The molecule has 0 aliphatic carbocycles. The zero-order valence-electron chi connectivity index (χ0n) is 14.7. The van der Waals surface area contributed by atoms with Gasteiger partial charge < -0.3 is 5.32 Å². The number of amides is 1. The number of pyridine rings is 1. The summed E-state index contributed by atoms with van der Waals surface area (Å²) in [4.78, 5) is 27.7. The third-order valence-corrected chi connectivity index (χ3v) is 4.26. The average Bonchev–Trinajstić information content (AvgIpc) is 3.13. The maximum Gasteiger partial charge on any atom is 0.295 e. The van der Waals surface area contributed by atoms with E-state index in [9.17, 15) is 14.9 Å². The van der Waals surface area contributed by atoms with Crippen molar-refractivity contribution in [2.75, 3.05) is 5.32 Å². The van der Waals surface area contributed by atoms with Crippen LogP contribution in [0.4, 0.5) is 11.5 Å². The summed E-state index contributed by atoms with van der Waals surface area (Å²) in [6, 6.07) is 14.9. The van der Waals surface area contributed by atoms with Crippen molar-refractivity contribution in [3.05, 3.63) is 82.0 Å². The Morgan fingerprint density at radius 2 is 1.96 bits per heavy atom. The third-order valence-electron chi connectivity index (χ3n) is 4.26. The van der Waals surface area contributed by atoms with Crippen molar-refractivity contribution in [1.29, 1.82) is 0 Å². The number of nitrogens with zero attached hydrogens (tertiary/aromatic N) is 5. The number of aryl methyl sites for hydroxylation is 1. The van der Waals surface area contributed by atoms with Gasteiger partial charge in [-0.1, -0.05) is 23.4 Å². The van der Waals surface area contributed by atoms with E-state index in [-0.39, 0.29) is 16.9 Å². The van der Waals surface area contributed by atoms with Gasteiger partial charge in [-0.3, -0.25) is 14.9 Å². The molecule has 0 unspecified atom stereocenters. The van der Waals surface area contributed by atoms with Gasteiger partial charge in [-0.05, 0) is 42.8 Å². The van der Waals surface area contributed by atoms with Crippen molar-refractivity contribution in [1.82, 2.24) is 20.0 Å². The molecule has 0 aliphatic heterocycles. The smallest absolute Gasteiger partial charge is 0.295 e. The summed E-state index contributed by atoms with van der Waals surface area (Å²) in [5, 5.41) is 22.3. The molecule has 0 spiro atoms. The molecule has 0 fully saturated rings. The van der Waals surface area contributed by atoms with E-state index in [1.54, 1.807) is 30.5 Å². The van der Waals surface area contributed by atoms with Crippen molar-refractivity contribution < 1.29 is 9.72 Å². The number of aromatic nitrogens is 4. The fourth-order valence-electron chi connectivity index (χ4n) is 2.83. The Bertz CT molecular complexity index is 1220. The monoisotopic (exact) mass is 374 g/mol. The molecule has 0 saturated heterocycles. The number of benzene rings is 2. The fraction of sp³-hybridized carbons (Fsp3) is 0.0526. The van der Waals surface area contributed by atoms with Gasteiger partial charge in [0.1, 0.15) is 17.0 Å². The molecule has 2 heterocycles. The fourth-order valence-corrected chi connectivity index (χ4v) is 2.83. The number of hydrogen-bond acceptors (Lipinski definition) is 6. The first-order chi connectivity index (χ1) is 13.5. The van der Waals surface area contributed by atoms with Crippen LogP contribution in [0.25, 0.3) is 16.7 Å². The van der Waals surface area contributed by atoms with Crippen molar-refractivity contribution >= 4 is 28.4 Å². The Morgan fingerprint density at radius 1 is 1.14 bits per heavy atom. The van der Waals surface area contributed by atoms with Crippen LogP contribution in [0, 0.1) is 17.0 Å². The minimum Gasteiger partial charge on any atom is -0.306 e. The molecule has 4 rings (SSSR count). The molecule has 9 nitrogen and oxygen atoms in total. The first-order valence-electron chi connectivity index (χ1n) is 8.37. The Hall–Kier alpha value is -4.14. The summed E-state index contributed by atoms with van der Waals surface area (Å²) < 4.78 is 1.39. The number of hydrogen-bond donors (Lipinski definition) is 1. The minimum absolute atomic E-state index is 0.143. The molecule has 2 aromatic heterocycles. The predicted octanol–water partition coefficient (Wildman–Crippen LogP) is 3.28. The lowest BCUT2D eigenvalue weighted by atomic mass is 10.1. The van der Waals surface area contributed by atoms with E-state index in [0.29, 0.717) is 16.9 Å². The Balaban J connectivity index is 1.74. The highest BCUT2D eigenvalue weighted by Gasteiger charge is 2.21. The van der Waals surface area contributed by atoms with Crippen LogP contribution in [0.15, 0.2) is 60.8 Å². The summed E-state index contributed by atoms with van der Waals surface area (Å²) in [6.07, 6.45) is 1.56. The Morgan fingerprint density at radius 3 is 2.75 bits per heavy atom. The van der Waals surface area contributed by atoms with Crippen LogP contribution in [-0.2, 0) is 0 Å². The van der Waals surface area contributed by atoms with Crippen LogP contribution >= 0.6 is 0 Å². The van der Waals surface area contributed by atoms with E-state index in [1.165, 1.54) is 22.9 Å². The van der Waals surface area contributed by atoms with E-state index < -0.39 is 10.8 Å². The van der Waals surface area contributed by atoms with Gasteiger partial charge in [-0.15, -0.1) is 5.10 Å². The number of anilines is 1. The zero-order chi connectivity index (χ0) is 19.7. The lowest BCUT2D eigenvalue weighted by Gasteiger charge is -2.08. The molecule has 0 saturated carbocycles. The maximum atomic E-state index is 12.5. The van der Waals surface area contributed by atoms with Crippen molar-refractivity contribution in [3.8, 4) is 5.69 Å². The average molecular weight is 374 g/mol. The summed E-state index contributed by atoms with van der Waals surface area (Å²) in [7, 11) is 0. The molecule has 0 bridgehead atoms. The second kappa shape index (κ2) is 6.88. The molecule has 9 heteroatoms. The molecule has 28 heavy (non-hydrogen) atoms. The number of para-hydroxylation sites is 1. The van der Waals surface area contributed by atoms with Gasteiger partial charge in [-0.2, -0.15) is 0 Å². The van der Waals surface area contributed by atoms with Gasteiger partial charge in [0.15, 0.2) is 0 Å². The van der Waals surface area contributed by atoms with Crippen molar-refractivity contribution in [2.24, 2.45) is 0 Å². The molecular formula is C19H14N6O3. The first-order valence-corrected chi connectivity index (χ1v) is 8.37. The van der Waals surface area contributed by atoms with E-state index in [1.807, 2.05) is 19.1 Å². The van der Waals surface area contributed by atoms with Crippen LogP contribution in [0.3, 0.4) is 0 Å². The zero-order valence-corrected chi connectivity index (χ0v) is 14.7. The summed E-state index contributed by atoms with van der Waals surface area (Å²) >= 11 is 0. The van der Waals surface area contributed by atoms with E-state index in [4.69, 9.17) is 0 Å². The van der Waals surface area contributed by atoms with Gasteiger partial charge in [0, 0.05) is 17.8 Å². The highest BCUT2D eigenvalue weighted by atomic mass is 16.6. The number of nitro groups is 1. The molecule has 138 valence electrons. The standard InChI is InChI=1S/C19H14N6O3/c1-12-5-4-10-20-18(12)21-19(26)13-8-9-16(17(11-13)25(27)28)24-15-7-3-2-6-14(15)22-23-24/h2-11H,1H3,(H,20,21,26). The maximum absolute atomic E-state index is 12.5. The normalized spacial score (nSPS) is 10.8. The van der Waals surface area contributed by atoms with Crippen LogP contribution in [-0.4, -0.2) is 30.8 Å². The largest absolute Gasteiger partial charge is 0.306 e. The molecule has 1 N–H and O–H groups in total. The summed E-state index contributed by atoms with van der Waals surface area (Å²) in [6.45, 7) is 1.81. The Kier molecular flexibility index (Phi) is 4.24. The second-order valence-electron chi connectivity index (χ2n) is 6.07. The van der Waals surface area contributed by atoms with Crippen molar-refractivity contribution in [3.63, 3.8) is 0 Å². The molecule has 0 atom stereocenters. The minimum atomic E-state index is -0.547. The van der Waals surface area contributed by atoms with E-state index >= 15 is 0 Å². The molecule has 0 radical (unpaired) electrons. The highest BCUT2D eigenvalue weighted by molar-refractivity contribution is 6.04. The number of carbonyl (C=O) groups is 1. The number of nitro benzene ring substituents is 1. The number of nitrogens with one attached hydrogen (secondary N) is 1. The quantitative estimate of drug-likeness (QED) is 0.433. The number of carbonyl (C=O) groups excluding carboxylic acids is 1. The van der Waals surface area contributed by atoms with Gasteiger partial charge in [0.05, 0.1) is 10.4 Å². The summed E-state index contributed by atoms with van der Waals surface area (Å²) in [5.74, 6) is -0.0820. The molecule has 1 amide bonds. The SMILES string of the molecule is Cc1cccnc1NC(=O)c1ccc(-n2nnc3ccccc32)c([N+](=O)[O-])c1. The molecule has 2 aromatic carbocycles. The highest BCUT2D eigenvalue weighted by Crippen LogP contribution is 2.27. The van der Waals surface area contributed by atoms with E-state index in [2.05, 4.69) is 20.6 Å². The van der Waals surface area contributed by atoms with Gasteiger partial charge in [0.25, 0.3) is 11.6 Å². The van der Waals surface area contributed by atoms with Crippen LogP contribution in [0.2, 0.25) is 0 Å². The predicted molar refractivity (Wildman–Crippen MR) is 102 cm³/mol. The van der Waals surface area contributed by atoms with Crippen LogP contribution in [0.1, 0.15) is 15.9 Å². The second-order valence-corrected chi connectivity index (χ2v) is 6.07.